The van der Waals surface area contributed by atoms with Crippen molar-refractivity contribution in [3.05, 3.63) is 35.4 Å². The predicted octanol–water partition coefficient (Wildman–Crippen LogP) is 3.02. The number of ether oxygens (including phenoxy) is 1. The van der Waals surface area contributed by atoms with Gasteiger partial charge in [-0.25, -0.2) is 0 Å². The molecule has 0 heterocycles. The molecule has 0 amide bonds. The van der Waals surface area contributed by atoms with E-state index in [4.69, 9.17) is 9.84 Å². The zero-order chi connectivity index (χ0) is 13.8. The van der Waals surface area contributed by atoms with Gasteiger partial charge in [-0.2, -0.15) is 0 Å². The van der Waals surface area contributed by atoms with Gasteiger partial charge in [0.25, 0.3) is 0 Å². The Labute approximate surface area is 109 Å². The van der Waals surface area contributed by atoms with Crippen molar-refractivity contribution < 1.29 is 14.6 Å². The van der Waals surface area contributed by atoms with Crippen molar-refractivity contribution in [1.29, 1.82) is 0 Å². The molecule has 1 aromatic carbocycles. The number of carbonyl (C=O) groups is 1. The van der Waals surface area contributed by atoms with E-state index in [1.807, 2.05) is 32.9 Å². The minimum Gasteiger partial charge on any atom is -0.481 e. The number of carboxylic acid groups (broad SMARTS) is 1. The lowest BCUT2D eigenvalue weighted by Crippen LogP contribution is -2.22. The molecule has 0 spiro atoms. The number of methoxy groups -OCH3 is 1. The molecule has 1 aromatic rings. The van der Waals surface area contributed by atoms with E-state index in [9.17, 15) is 4.79 Å². The lowest BCUT2D eigenvalue weighted by Gasteiger charge is -2.24. The zero-order valence-corrected chi connectivity index (χ0v) is 11.6. The fraction of sp³-hybridized carbons (Fsp3) is 0.533. The fourth-order valence-corrected chi connectivity index (χ4v) is 2.01. The van der Waals surface area contributed by atoms with Crippen LogP contribution in [0, 0.1) is 0 Å². The van der Waals surface area contributed by atoms with E-state index in [0.717, 1.165) is 12.0 Å². The van der Waals surface area contributed by atoms with Crippen LogP contribution in [0.15, 0.2) is 24.3 Å². The highest BCUT2D eigenvalue weighted by atomic mass is 16.5. The summed E-state index contributed by atoms with van der Waals surface area (Å²) in [6, 6.07) is 8.11. The first-order valence-corrected chi connectivity index (χ1v) is 6.19. The molecule has 0 aromatic heterocycles. The van der Waals surface area contributed by atoms with Crippen LogP contribution in [-0.4, -0.2) is 24.3 Å². The van der Waals surface area contributed by atoms with E-state index >= 15 is 0 Å². The molecule has 0 radical (unpaired) electrons. The van der Waals surface area contributed by atoms with Crippen LogP contribution in [-0.2, 0) is 21.4 Å². The quantitative estimate of drug-likeness (QED) is 0.844. The van der Waals surface area contributed by atoms with Gasteiger partial charge in [0.05, 0.1) is 12.5 Å². The van der Waals surface area contributed by atoms with Gasteiger partial charge in [0.1, 0.15) is 0 Å². The SMILES string of the molecule is COC(C)Cc1cccc(C(C)(C)CC(=O)O)c1. The van der Waals surface area contributed by atoms with Crippen LogP contribution in [0.1, 0.15) is 38.3 Å². The molecule has 0 saturated heterocycles. The van der Waals surface area contributed by atoms with Crippen molar-refractivity contribution in [1.82, 2.24) is 0 Å². The Morgan fingerprint density at radius 1 is 1.44 bits per heavy atom. The Balaban J connectivity index is 2.90. The number of benzene rings is 1. The van der Waals surface area contributed by atoms with Crippen molar-refractivity contribution in [2.75, 3.05) is 7.11 Å². The van der Waals surface area contributed by atoms with E-state index < -0.39 is 5.97 Å². The first-order chi connectivity index (χ1) is 8.35. The largest absolute Gasteiger partial charge is 0.481 e. The monoisotopic (exact) mass is 250 g/mol. The summed E-state index contributed by atoms with van der Waals surface area (Å²) < 4.78 is 5.25. The second kappa shape index (κ2) is 6.01. The second-order valence-electron chi connectivity index (χ2n) is 5.41. The maximum Gasteiger partial charge on any atom is 0.304 e. The molecular weight excluding hydrogens is 228 g/mol. The molecule has 0 aliphatic carbocycles. The summed E-state index contributed by atoms with van der Waals surface area (Å²) >= 11 is 0. The molecular formula is C15H22O3. The van der Waals surface area contributed by atoms with E-state index in [1.165, 1.54) is 5.56 Å². The summed E-state index contributed by atoms with van der Waals surface area (Å²) in [5.74, 6) is -0.768. The molecule has 1 N–H and O–H groups in total. The Morgan fingerprint density at radius 3 is 2.67 bits per heavy atom. The molecule has 0 aliphatic rings. The predicted molar refractivity (Wildman–Crippen MR) is 71.9 cm³/mol. The highest BCUT2D eigenvalue weighted by Gasteiger charge is 2.24. The van der Waals surface area contributed by atoms with Gasteiger partial charge in [-0.05, 0) is 24.5 Å². The fourth-order valence-electron chi connectivity index (χ4n) is 2.01. The van der Waals surface area contributed by atoms with Crippen LogP contribution >= 0.6 is 0 Å². The standard InChI is InChI=1S/C15H22O3/c1-11(18-4)8-12-6-5-7-13(9-12)15(2,3)10-14(16)17/h5-7,9,11H,8,10H2,1-4H3,(H,16,17). The first kappa shape index (κ1) is 14.7. The van der Waals surface area contributed by atoms with Crippen LogP contribution in [0.2, 0.25) is 0 Å². The average molecular weight is 250 g/mol. The third-order valence-electron chi connectivity index (χ3n) is 3.23. The van der Waals surface area contributed by atoms with Crippen LogP contribution in [0.3, 0.4) is 0 Å². The minimum atomic E-state index is -0.768. The molecule has 100 valence electrons. The molecule has 1 atom stereocenters. The summed E-state index contributed by atoms with van der Waals surface area (Å²) in [4.78, 5) is 10.9. The van der Waals surface area contributed by atoms with Gasteiger partial charge in [0.2, 0.25) is 0 Å². The lowest BCUT2D eigenvalue weighted by molar-refractivity contribution is -0.138. The van der Waals surface area contributed by atoms with Gasteiger partial charge in [-0.3, -0.25) is 4.79 Å². The molecule has 0 bridgehead atoms. The summed E-state index contributed by atoms with van der Waals surface area (Å²) in [6.07, 6.45) is 1.15. The van der Waals surface area contributed by atoms with E-state index in [-0.39, 0.29) is 17.9 Å². The van der Waals surface area contributed by atoms with Crippen LogP contribution in [0.5, 0.6) is 0 Å². The highest BCUT2D eigenvalue weighted by molar-refractivity contribution is 5.68. The minimum absolute atomic E-state index is 0.135. The lowest BCUT2D eigenvalue weighted by atomic mass is 9.81. The van der Waals surface area contributed by atoms with Crippen LogP contribution < -0.4 is 0 Å². The van der Waals surface area contributed by atoms with Gasteiger partial charge < -0.3 is 9.84 Å². The third kappa shape index (κ3) is 4.15. The topological polar surface area (TPSA) is 46.5 Å². The van der Waals surface area contributed by atoms with Crippen molar-refractivity contribution in [3.63, 3.8) is 0 Å². The van der Waals surface area contributed by atoms with Gasteiger partial charge in [0.15, 0.2) is 0 Å². The maximum atomic E-state index is 10.9. The highest BCUT2D eigenvalue weighted by Crippen LogP contribution is 2.27. The van der Waals surface area contributed by atoms with Crippen molar-refractivity contribution in [3.8, 4) is 0 Å². The van der Waals surface area contributed by atoms with Crippen molar-refractivity contribution in [2.24, 2.45) is 0 Å². The number of rotatable bonds is 6. The van der Waals surface area contributed by atoms with Gasteiger partial charge in [-0.1, -0.05) is 38.1 Å². The average Bonchev–Trinajstić information content (AvgIpc) is 2.27. The number of hydrogen-bond donors (Lipinski definition) is 1. The van der Waals surface area contributed by atoms with Gasteiger partial charge >= 0.3 is 5.97 Å². The third-order valence-corrected chi connectivity index (χ3v) is 3.23. The normalized spacial score (nSPS) is 13.3. The molecule has 18 heavy (non-hydrogen) atoms. The van der Waals surface area contributed by atoms with Crippen molar-refractivity contribution >= 4 is 5.97 Å². The molecule has 1 rings (SSSR count). The molecule has 0 fully saturated rings. The van der Waals surface area contributed by atoms with Crippen LogP contribution in [0.25, 0.3) is 0 Å². The smallest absolute Gasteiger partial charge is 0.304 e. The maximum absolute atomic E-state index is 10.9. The Bertz CT molecular complexity index is 410. The molecule has 0 aliphatic heterocycles. The van der Waals surface area contributed by atoms with E-state index in [0.29, 0.717) is 0 Å². The van der Waals surface area contributed by atoms with Crippen LogP contribution in [0.4, 0.5) is 0 Å². The van der Waals surface area contributed by atoms with Crippen molar-refractivity contribution in [2.45, 2.75) is 45.1 Å². The summed E-state index contributed by atoms with van der Waals surface area (Å²) in [5, 5.41) is 8.94. The van der Waals surface area contributed by atoms with Gasteiger partial charge in [-0.15, -0.1) is 0 Å². The Kier molecular flexibility index (Phi) is 4.91. The number of hydrogen-bond acceptors (Lipinski definition) is 2. The molecule has 3 heteroatoms. The summed E-state index contributed by atoms with van der Waals surface area (Å²) in [5.41, 5.74) is 1.89. The Hall–Kier alpha value is -1.35. The van der Waals surface area contributed by atoms with E-state index in [2.05, 4.69) is 12.1 Å². The second-order valence-corrected chi connectivity index (χ2v) is 5.41. The summed E-state index contributed by atoms with van der Waals surface area (Å²) in [6.45, 7) is 5.94. The molecule has 3 nitrogen and oxygen atoms in total. The first-order valence-electron chi connectivity index (χ1n) is 6.19. The summed E-state index contributed by atoms with van der Waals surface area (Å²) in [7, 11) is 1.70. The molecule has 1 unspecified atom stereocenters. The molecule has 0 saturated carbocycles. The van der Waals surface area contributed by atoms with E-state index in [1.54, 1.807) is 7.11 Å². The Morgan fingerprint density at radius 2 is 2.11 bits per heavy atom. The van der Waals surface area contributed by atoms with Gasteiger partial charge in [0, 0.05) is 12.5 Å². The number of carboxylic acids is 1. The zero-order valence-electron chi connectivity index (χ0n) is 11.6. The number of aliphatic carboxylic acids is 1.